The molecule has 1 aliphatic heterocycles. The van der Waals surface area contributed by atoms with Crippen LogP contribution in [0, 0.1) is 23.0 Å². The van der Waals surface area contributed by atoms with Crippen LogP contribution in [-0.2, 0) is 4.79 Å². The second kappa shape index (κ2) is 5.14. The minimum Gasteiger partial charge on any atom is -0.326 e. The van der Waals surface area contributed by atoms with E-state index in [1.54, 1.807) is 13.0 Å². The maximum Gasteiger partial charge on any atom is 0.269 e. The molecule has 6 heteroatoms. The molecule has 2 N–H and O–H groups in total. The molecule has 6 nitrogen and oxygen atoms in total. The van der Waals surface area contributed by atoms with Gasteiger partial charge in [0.05, 0.1) is 4.92 Å². The highest BCUT2D eigenvalue weighted by molar-refractivity contribution is 5.91. The Labute approximate surface area is 105 Å². The molecule has 1 aliphatic rings. The predicted molar refractivity (Wildman–Crippen MR) is 67.4 cm³/mol. The Kier molecular flexibility index (Phi) is 3.57. The van der Waals surface area contributed by atoms with Crippen LogP contribution in [0.15, 0.2) is 18.2 Å². The fourth-order valence-corrected chi connectivity index (χ4v) is 1.86. The first-order valence-corrected chi connectivity index (χ1v) is 5.82. The molecule has 1 heterocycles. The Morgan fingerprint density at radius 2 is 2.28 bits per heavy atom. The second-order valence-electron chi connectivity index (χ2n) is 4.53. The van der Waals surface area contributed by atoms with Crippen molar-refractivity contribution in [3.05, 3.63) is 33.9 Å². The van der Waals surface area contributed by atoms with E-state index in [-0.39, 0.29) is 11.6 Å². The minimum atomic E-state index is -0.446. The first-order chi connectivity index (χ1) is 8.56. The van der Waals surface area contributed by atoms with Crippen LogP contribution in [0.1, 0.15) is 12.0 Å². The zero-order valence-corrected chi connectivity index (χ0v) is 10.1. The number of nitrogens with one attached hydrogen (secondary N) is 2. The molecule has 18 heavy (non-hydrogen) atoms. The SMILES string of the molecule is Cc1cc([N+](=O)[O-])ccc1NC(=O)CC1CNC1. The predicted octanol–water partition coefficient (Wildman–Crippen LogP) is 1.45. The molecule has 0 radical (unpaired) electrons. The average Bonchev–Trinajstić information content (AvgIpc) is 2.26. The highest BCUT2D eigenvalue weighted by Crippen LogP contribution is 2.21. The van der Waals surface area contributed by atoms with Crippen molar-refractivity contribution in [2.24, 2.45) is 5.92 Å². The summed E-state index contributed by atoms with van der Waals surface area (Å²) in [7, 11) is 0. The van der Waals surface area contributed by atoms with E-state index in [0.717, 1.165) is 13.1 Å². The average molecular weight is 249 g/mol. The lowest BCUT2D eigenvalue weighted by atomic mass is 9.99. The van der Waals surface area contributed by atoms with E-state index in [1.807, 2.05) is 0 Å². The number of carbonyl (C=O) groups is 1. The fourth-order valence-electron chi connectivity index (χ4n) is 1.86. The maximum atomic E-state index is 11.7. The van der Waals surface area contributed by atoms with E-state index in [0.29, 0.717) is 23.6 Å². The number of nitro benzene ring substituents is 1. The molecule has 0 saturated carbocycles. The molecule has 2 rings (SSSR count). The number of hydrogen-bond donors (Lipinski definition) is 2. The molecule has 96 valence electrons. The van der Waals surface area contributed by atoms with Gasteiger partial charge in [0.25, 0.3) is 5.69 Å². The van der Waals surface area contributed by atoms with Crippen molar-refractivity contribution >= 4 is 17.3 Å². The fraction of sp³-hybridized carbons (Fsp3) is 0.417. The molecule has 1 aromatic rings. The summed E-state index contributed by atoms with van der Waals surface area (Å²) in [5.41, 5.74) is 1.37. The number of non-ortho nitro benzene ring substituents is 1. The summed E-state index contributed by atoms with van der Waals surface area (Å²) in [4.78, 5) is 21.9. The summed E-state index contributed by atoms with van der Waals surface area (Å²) in [6, 6.07) is 4.43. The third-order valence-electron chi connectivity index (χ3n) is 3.03. The number of benzene rings is 1. The minimum absolute atomic E-state index is 0.0358. The standard InChI is InChI=1S/C12H15N3O3/c1-8-4-10(15(17)18)2-3-11(8)14-12(16)5-9-6-13-7-9/h2-4,9,13H,5-7H2,1H3,(H,14,16). The van der Waals surface area contributed by atoms with Gasteiger partial charge in [0.2, 0.25) is 5.91 Å². The molecule has 0 bridgehead atoms. The molecule has 0 aliphatic carbocycles. The number of nitro groups is 1. The largest absolute Gasteiger partial charge is 0.326 e. The van der Waals surface area contributed by atoms with Gasteiger partial charge in [-0.15, -0.1) is 0 Å². The van der Waals surface area contributed by atoms with E-state index in [2.05, 4.69) is 10.6 Å². The van der Waals surface area contributed by atoms with Crippen LogP contribution in [0.5, 0.6) is 0 Å². The normalized spacial score (nSPS) is 14.9. The third-order valence-corrected chi connectivity index (χ3v) is 3.03. The monoisotopic (exact) mass is 249 g/mol. The van der Waals surface area contributed by atoms with Gasteiger partial charge >= 0.3 is 0 Å². The van der Waals surface area contributed by atoms with Crippen molar-refractivity contribution in [3.63, 3.8) is 0 Å². The summed E-state index contributed by atoms with van der Waals surface area (Å²) in [6.07, 6.45) is 0.490. The molecular weight excluding hydrogens is 234 g/mol. The van der Waals surface area contributed by atoms with Crippen molar-refractivity contribution in [2.45, 2.75) is 13.3 Å². The molecule has 0 atom stereocenters. The molecule has 1 aromatic carbocycles. The summed E-state index contributed by atoms with van der Waals surface area (Å²) < 4.78 is 0. The van der Waals surface area contributed by atoms with Crippen LogP contribution < -0.4 is 10.6 Å². The van der Waals surface area contributed by atoms with Gasteiger partial charge in [0.1, 0.15) is 0 Å². The summed E-state index contributed by atoms with van der Waals surface area (Å²) in [5, 5.41) is 16.5. The van der Waals surface area contributed by atoms with Gasteiger partial charge in [-0.25, -0.2) is 0 Å². The van der Waals surface area contributed by atoms with Crippen molar-refractivity contribution < 1.29 is 9.72 Å². The van der Waals surface area contributed by atoms with Gasteiger partial charge < -0.3 is 10.6 Å². The molecular formula is C12H15N3O3. The lowest BCUT2D eigenvalue weighted by Gasteiger charge is -2.26. The molecule has 1 amide bonds. The van der Waals surface area contributed by atoms with Crippen LogP contribution in [0.25, 0.3) is 0 Å². The van der Waals surface area contributed by atoms with E-state index in [4.69, 9.17) is 0 Å². The van der Waals surface area contributed by atoms with E-state index in [9.17, 15) is 14.9 Å². The lowest BCUT2D eigenvalue weighted by molar-refractivity contribution is -0.384. The molecule has 1 fully saturated rings. The van der Waals surface area contributed by atoms with Crippen LogP contribution in [-0.4, -0.2) is 23.9 Å². The highest BCUT2D eigenvalue weighted by Gasteiger charge is 2.20. The maximum absolute atomic E-state index is 11.7. The van der Waals surface area contributed by atoms with Crippen molar-refractivity contribution in [1.29, 1.82) is 0 Å². The van der Waals surface area contributed by atoms with E-state index < -0.39 is 4.92 Å². The molecule has 1 saturated heterocycles. The van der Waals surface area contributed by atoms with Gasteiger partial charge in [-0.05, 0) is 37.6 Å². The lowest BCUT2D eigenvalue weighted by Crippen LogP contribution is -2.43. The van der Waals surface area contributed by atoms with Crippen molar-refractivity contribution in [3.8, 4) is 0 Å². The summed E-state index contributed by atoms with van der Waals surface area (Å²) in [6.45, 7) is 3.51. The highest BCUT2D eigenvalue weighted by atomic mass is 16.6. The van der Waals surface area contributed by atoms with Crippen molar-refractivity contribution in [1.82, 2.24) is 5.32 Å². The van der Waals surface area contributed by atoms with Crippen LogP contribution in [0.3, 0.4) is 0 Å². The molecule has 0 aromatic heterocycles. The topological polar surface area (TPSA) is 84.3 Å². The molecule has 0 spiro atoms. The number of hydrogen-bond acceptors (Lipinski definition) is 4. The zero-order valence-electron chi connectivity index (χ0n) is 10.1. The van der Waals surface area contributed by atoms with Crippen LogP contribution in [0.2, 0.25) is 0 Å². The quantitative estimate of drug-likeness (QED) is 0.624. The Hall–Kier alpha value is -1.95. The van der Waals surface area contributed by atoms with Crippen molar-refractivity contribution in [2.75, 3.05) is 18.4 Å². The Morgan fingerprint density at radius 3 is 2.78 bits per heavy atom. The van der Waals surface area contributed by atoms with Crippen LogP contribution >= 0.6 is 0 Å². The number of nitrogens with zero attached hydrogens (tertiary/aromatic N) is 1. The van der Waals surface area contributed by atoms with Gasteiger partial charge in [-0.2, -0.15) is 0 Å². The smallest absolute Gasteiger partial charge is 0.269 e. The van der Waals surface area contributed by atoms with Crippen LogP contribution in [0.4, 0.5) is 11.4 Å². The number of amides is 1. The summed E-state index contributed by atoms with van der Waals surface area (Å²) >= 11 is 0. The van der Waals surface area contributed by atoms with E-state index in [1.165, 1.54) is 12.1 Å². The van der Waals surface area contributed by atoms with Gasteiger partial charge in [0.15, 0.2) is 0 Å². The molecule has 0 unspecified atom stereocenters. The van der Waals surface area contributed by atoms with Gasteiger partial charge in [-0.3, -0.25) is 14.9 Å². The number of carbonyl (C=O) groups excluding carboxylic acids is 1. The van der Waals surface area contributed by atoms with Gasteiger partial charge in [0, 0.05) is 24.2 Å². The number of rotatable bonds is 4. The Morgan fingerprint density at radius 1 is 1.56 bits per heavy atom. The first-order valence-electron chi connectivity index (χ1n) is 5.82. The second-order valence-corrected chi connectivity index (χ2v) is 4.53. The number of anilines is 1. The first kappa shape index (κ1) is 12.5. The Bertz CT molecular complexity index is 483. The third kappa shape index (κ3) is 2.84. The van der Waals surface area contributed by atoms with Gasteiger partial charge in [-0.1, -0.05) is 0 Å². The van der Waals surface area contributed by atoms with E-state index >= 15 is 0 Å². The summed E-state index contributed by atoms with van der Waals surface area (Å²) in [5.74, 6) is 0.363. The number of aryl methyl sites for hydroxylation is 1. The zero-order chi connectivity index (χ0) is 13.1. The Balaban J connectivity index is 2.00.